The van der Waals surface area contributed by atoms with Crippen LogP contribution in [0.25, 0.3) is 11.4 Å². The summed E-state index contributed by atoms with van der Waals surface area (Å²) in [6.07, 6.45) is 2.48. The average Bonchev–Trinajstić information content (AvgIpc) is 3.39. The van der Waals surface area contributed by atoms with Crippen molar-refractivity contribution >= 4 is 0 Å². The Hall–Kier alpha value is -2.55. The second-order valence-electron chi connectivity index (χ2n) is 6.88. The molecule has 2 aromatic heterocycles. The molecular formula is C19H24N6O2. The van der Waals surface area contributed by atoms with Gasteiger partial charge < -0.3 is 9.52 Å². The van der Waals surface area contributed by atoms with Crippen LogP contribution in [0.15, 0.2) is 47.1 Å². The van der Waals surface area contributed by atoms with Crippen molar-refractivity contribution in [1.29, 1.82) is 0 Å². The minimum atomic E-state index is 0.201. The van der Waals surface area contributed by atoms with E-state index in [9.17, 15) is 5.11 Å². The SMILES string of the molecule is OCCC1CN(Cc2ccc(-c3nn[nH]n3)cc2)CCN1Cc1ccco1. The van der Waals surface area contributed by atoms with E-state index >= 15 is 0 Å². The second kappa shape index (κ2) is 8.43. The molecule has 0 radical (unpaired) electrons. The number of benzene rings is 1. The van der Waals surface area contributed by atoms with Crippen molar-refractivity contribution in [2.75, 3.05) is 26.2 Å². The molecule has 1 unspecified atom stereocenters. The number of H-pyrrole nitrogens is 1. The maximum atomic E-state index is 9.47. The van der Waals surface area contributed by atoms with E-state index in [0.717, 1.165) is 50.5 Å². The predicted molar refractivity (Wildman–Crippen MR) is 99.5 cm³/mol. The fraction of sp³-hybridized carbons (Fsp3) is 0.421. The second-order valence-corrected chi connectivity index (χ2v) is 6.88. The van der Waals surface area contributed by atoms with Gasteiger partial charge in [0.2, 0.25) is 5.82 Å². The number of piperazine rings is 1. The fourth-order valence-corrected chi connectivity index (χ4v) is 3.64. The van der Waals surface area contributed by atoms with Crippen LogP contribution in [0.4, 0.5) is 0 Å². The molecule has 142 valence electrons. The first kappa shape index (κ1) is 17.8. The van der Waals surface area contributed by atoms with E-state index in [2.05, 4.69) is 42.6 Å². The van der Waals surface area contributed by atoms with Crippen molar-refractivity contribution in [3.8, 4) is 11.4 Å². The molecule has 4 rings (SSSR count). The van der Waals surface area contributed by atoms with Crippen LogP contribution in [0, 0.1) is 0 Å². The van der Waals surface area contributed by atoms with E-state index < -0.39 is 0 Å². The molecule has 8 nitrogen and oxygen atoms in total. The van der Waals surface area contributed by atoms with Crippen LogP contribution < -0.4 is 0 Å². The van der Waals surface area contributed by atoms with Gasteiger partial charge in [-0.05, 0) is 29.3 Å². The van der Waals surface area contributed by atoms with Gasteiger partial charge in [0.1, 0.15) is 5.76 Å². The molecule has 0 spiro atoms. The van der Waals surface area contributed by atoms with Gasteiger partial charge in [0.25, 0.3) is 0 Å². The minimum Gasteiger partial charge on any atom is -0.468 e. The number of tetrazole rings is 1. The van der Waals surface area contributed by atoms with Crippen molar-refractivity contribution in [2.45, 2.75) is 25.6 Å². The molecule has 1 aromatic carbocycles. The largest absolute Gasteiger partial charge is 0.468 e. The van der Waals surface area contributed by atoms with Crippen LogP contribution in [0.2, 0.25) is 0 Å². The number of nitrogens with zero attached hydrogens (tertiary/aromatic N) is 5. The van der Waals surface area contributed by atoms with E-state index in [4.69, 9.17) is 4.42 Å². The van der Waals surface area contributed by atoms with Gasteiger partial charge in [-0.15, -0.1) is 10.2 Å². The number of furan rings is 1. The highest BCUT2D eigenvalue weighted by molar-refractivity contribution is 5.54. The van der Waals surface area contributed by atoms with E-state index in [0.29, 0.717) is 11.9 Å². The van der Waals surface area contributed by atoms with E-state index in [1.54, 1.807) is 6.26 Å². The molecule has 1 fully saturated rings. The van der Waals surface area contributed by atoms with Crippen LogP contribution in [-0.4, -0.2) is 67.8 Å². The first-order valence-electron chi connectivity index (χ1n) is 9.24. The smallest absolute Gasteiger partial charge is 0.204 e. The molecule has 0 bridgehead atoms. The number of aliphatic hydroxyl groups is 1. The summed E-state index contributed by atoms with van der Waals surface area (Å²) in [4.78, 5) is 4.85. The van der Waals surface area contributed by atoms with Crippen molar-refractivity contribution in [1.82, 2.24) is 30.4 Å². The van der Waals surface area contributed by atoms with Gasteiger partial charge >= 0.3 is 0 Å². The van der Waals surface area contributed by atoms with Crippen molar-refractivity contribution in [3.05, 3.63) is 54.0 Å². The van der Waals surface area contributed by atoms with Gasteiger partial charge in [0, 0.05) is 44.4 Å². The first-order chi connectivity index (χ1) is 13.3. The molecule has 3 aromatic rings. The zero-order chi connectivity index (χ0) is 18.5. The third kappa shape index (κ3) is 4.41. The Labute approximate surface area is 157 Å². The van der Waals surface area contributed by atoms with Crippen LogP contribution in [0.5, 0.6) is 0 Å². The Kier molecular flexibility index (Phi) is 5.57. The topological polar surface area (TPSA) is 94.3 Å². The molecule has 2 N–H and O–H groups in total. The van der Waals surface area contributed by atoms with Crippen LogP contribution in [0.1, 0.15) is 17.7 Å². The molecular weight excluding hydrogens is 344 g/mol. The van der Waals surface area contributed by atoms with Gasteiger partial charge in [-0.1, -0.05) is 24.3 Å². The molecule has 1 atom stereocenters. The highest BCUT2D eigenvalue weighted by atomic mass is 16.3. The number of rotatable bonds is 7. The van der Waals surface area contributed by atoms with Crippen molar-refractivity contribution in [3.63, 3.8) is 0 Å². The lowest BCUT2D eigenvalue weighted by Gasteiger charge is -2.41. The monoisotopic (exact) mass is 368 g/mol. The number of nitrogens with one attached hydrogen (secondary N) is 1. The van der Waals surface area contributed by atoms with Gasteiger partial charge in [-0.2, -0.15) is 5.21 Å². The lowest BCUT2D eigenvalue weighted by Crippen LogP contribution is -2.52. The number of aliphatic hydroxyl groups excluding tert-OH is 1. The Bertz CT molecular complexity index is 803. The van der Waals surface area contributed by atoms with Gasteiger partial charge in [-0.25, -0.2) is 0 Å². The Morgan fingerprint density at radius 1 is 1.15 bits per heavy atom. The Morgan fingerprint density at radius 3 is 2.74 bits per heavy atom. The fourth-order valence-electron chi connectivity index (χ4n) is 3.64. The summed E-state index contributed by atoms with van der Waals surface area (Å²) in [6, 6.07) is 12.5. The molecule has 0 aliphatic carbocycles. The first-order valence-corrected chi connectivity index (χ1v) is 9.24. The standard InChI is InChI=1S/C19H24N6O2/c26-10-7-17-13-24(8-9-25(17)14-18-2-1-11-27-18)12-15-3-5-16(6-4-15)19-20-22-23-21-19/h1-6,11,17,26H,7-10,12-14H2,(H,20,21,22,23). The molecule has 1 aliphatic heterocycles. The summed E-state index contributed by atoms with van der Waals surface area (Å²) in [5.74, 6) is 1.58. The minimum absolute atomic E-state index is 0.201. The summed E-state index contributed by atoms with van der Waals surface area (Å²) >= 11 is 0. The Balaban J connectivity index is 1.37. The summed E-state index contributed by atoms with van der Waals surface area (Å²) in [7, 11) is 0. The molecule has 8 heteroatoms. The third-order valence-corrected chi connectivity index (χ3v) is 5.05. The quantitative estimate of drug-likeness (QED) is 0.653. The number of hydrogen-bond donors (Lipinski definition) is 2. The van der Waals surface area contributed by atoms with Gasteiger partial charge in [-0.3, -0.25) is 9.80 Å². The Morgan fingerprint density at radius 2 is 2.04 bits per heavy atom. The summed E-state index contributed by atoms with van der Waals surface area (Å²) in [6.45, 7) is 4.79. The normalized spacial score (nSPS) is 18.8. The molecule has 3 heterocycles. The highest BCUT2D eigenvalue weighted by Crippen LogP contribution is 2.20. The lowest BCUT2D eigenvalue weighted by atomic mass is 10.1. The summed E-state index contributed by atoms with van der Waals surface area (Å²) < 4.78 is 5.49. The zero-order valence-corrected chi connectivity index (χ0v) is 15.2. The van der Waals surface area contributed by atoms with E-state index in [1.165, 1.54) is 5.56 Å². The zero-order valence-electron chi connectivity index (χ0n) is 15.2. The van der Waals surface area contributed by atoms with Crippen LogP contribution >= 0.6 is 0 Å². The van der Waals surface area contributed by atoms with Gasteiger partial charge in [0.05, 0.1) is 12.8 Å². The van der Waals surface area contributed by atoms with E-state index in [-0.39, 0.29) is 6.61 Å². The van der Waals surface area contributed by atoms with E-state index in [1.807, 2.05) is 24.3 Å². The summed E-state index contributed by atoms with van der Waals surface area (Å²) in [5, 5.41) is 23.6. The highest BCUT2D eigenvalue weighted by Gasteiger charge is 2.27. The summed E-state index contributed by atoms with van der Waals surface area (Å²) in [5.41, 5.74) is 2.21. The lowest BCUT2D eigenvalue weighted by molar-refractivity contribution is 0.0456. The molecule has 1 aliphatic rings. The van der Waals surface area contributed by atoms with Crippen molar-refractivity contribution in [2.24, 2.45) is 0 Å². The average molecular weight is 368 g/mol. The molecule has 0 amide bonds. The maximum absolute atomic E-state index is 9.47. The van der Waals surface area contributed by atoms with Crippen LogP contribution in [0.3, 0.4) is 0 Å². The maximum Gasteiger partial charge on any atom is 0.204 e. The number of aromatic amines is 1. The number of hydrogen-bond acceptors (Lipinski definition) is 7. The molecule has 0 saturated carbocycles. The van der Waals surface area contributed by atoms with Gasteiger partial charge in [0.15, 0.2) is 0 Å². The molecule has 1 saturated heterocycles. The number of aromatic nitrogens is 4. The van der Waals surface area contributed by atoms with Crippen molar-refractivity contribution < 1.29 is 9.52 Å². The predicted octanol–water partition coefficient (Wildman–Crippen LogP) is 1.53. The third-order valence-electron chi connectivity index (χ3n) is 5.05. The molecule has 27 heavy (non-hydrogen) atoms. The van der Waals surface area contributed by atoms with Crippen LogP contribution in [-0.2, 0) is 13.1 Å².